The zero-order valence-corrected chi connectivity index (χ0v) is 27.6. The van der Waals surface area contributed by atoms with Gasteiger partial charge in [-0.15, -0.1) is 5.10 Å². The highest BCUT2D eigenvalue weighted by molar-refractivity contribution is 7.99. The second-order valence-corrected chi connectivity index (χ2v) is 14.5. The van der Waals surface area contributed by atoms with Crippen LogP contribution in [0, 0.1) is 11.6 Å². The van der Waals surface area contributed by atoms with Gasteiger partial charge in [0, 0.05) is 24.5 Å². The Kier molecular flexibility index (Phi) is 8.76. The lowest BCUT2D eigenvalue weighted by Gasteiger charge is -2.24. The van der Waals surface area contributed by atoms with Crippen LogP contribution in [-0.4, -0.2) is 79.7 Å². The van der Waals surface area contributed by atoms with Crippen LogP contribution in [0.15, 0.2) is 23.4 Å². The molecule has 0 spiro atoms. The average molecular weight is 663 g/mol. The number of rotatable bonds is 11. The third kappa shape index (κ3) is 6.44. The van der Waals surface area contributed by atoms with Gasteiger partial charge in [0.05, 0.1) is 31.0 Å². The van der Waals surface area contributed by atoms with E-state index in [4.69, 9.17) is 39.4 Å². The highest BCUT2D eigenvalue weighted by atomic mass is 32.2. The SMILES string of the molecule is CCCSc1nc([C@@]2(OC(N)=O)C[C@H]2c2ccc(F)c(F)c2)c2nnn([C@@H]3C[C@H](OCCOC(C)(C)C)[C@H]4OC(C)(C)O[C@H]43)c2n1. The van der Waals surface area contributed by atoms with Crippen molar-refractivity contribution in [2.45, 2.75) is 113 Å². The van der Waals surface area contributed by atoms with Crippen LogP contribution in [0.1, 0.15) is 84.0 Å². The number of benzene rings is 1. The molecule has 6 atom stereocenters. The number of aromatic nitrogens is 5. The average Bonchev–Trinajstić information content (AvgIpc) is 3.20. The number of halogens is 2. The number of hydrogen-bond donors (Lipinski definition) is 1. The fourth-order valence-corrected chi connectivity index (χ4v) is 7.10. The van der Waals surface area contributed by atoms with E-state index in [1.807, 2.05) is 41.5 Å². The number of nitrogens with two attached hydrogens (primary N) is 1. The van der Waals surface area contributed by atoms with Crippen molar-refractivity contribution >= 4 is 29.0 Å². The van der Waals surface area contributed by atoms with Gasteiger partial charge in [-0.2, -0.15) is 0 Å². The van der Waals surface area contributed by atoms with Gasteiger partial charge in [0.2, 0.25) is 0 Å². The normalized spacial score (nSPS) is 28.5. The lowest BCUT2D eigenvalue weighted by Crippen LogP contribution is -2.32. The first kappa shape index (κ1) is 32.9. The Morgan fingerprint density at radius 3 is 2.61 bits per heavy atom. The molecular formula is C31H40F2N6O6S. The maximum Gasteiger partial charge on any atom is 0.405 e. The van der Waals surface area contributed by atoms with E-state index in [0.717, 1.165) is 24.3 Å². The molecule has 15 heteroatoms. The van der Waals surface area contributed by atoms with Crippen molar-refractivity contribution in [3.05, 3.63) is 41.1 Å². The summed E-state index contributed by atoms with van der Waals surface area (Å²) in [7, 11) is 0. The van der Waals surface area contributed by atoms with Gasteiger partial charge in [0.15, 0.2) is 39.3 Å². The van der Waals surface area contributed by atoms with E-state index in [9.17, 15) is 13.6 Å². The number of carbonyl (C=O) groups excluding carboxylic acids is 1. The predicted molar refractivity (Wildman–Crippen MR) is 163 cm³/mol. The second kappa shape index (κ2) is 12.2. The summed E-state index contributed by atoms with van der Waals surface area (Å²) < 4.78 is 60.3. The Labute approximate surface area is 270 Å². The smallest absolute Gasteiger partial charge is 0.405 e. The first-order valence-electron chi connectivity index (χ1n) is 15.5. The highest BCUT2D eigenvalue weighted by Gasteiger charge is 2.63. The first-order valence-corrected chi connectivity index (χ1v) is 16.5. The zero-order valence-electron chi connectivity index (χ0n) is 26.8. The fraction of sp³-hybridized carbons (Fsp3) is 0.645. The lowest BCUT2D eigenvalue weighted by atomic mass is 10.0. The monoisotopic (exact) mass is 662 g/mol. The molecule has 2 aromatic heterocycles. The van der Waals surface area contributed by atoms with E-state index in [0.29, 0.717) is 47.2 Å². The molecule has 0 bridgehead atoms. The maximum atomic E-state index is 14.3. The minimum absolute atomic E-state index is 0.240. The third-order valence-electron chi connectivity index (χ3n) is 8.33. The van der Waals surface area contributed by atoms with Gasteiger partial charge in [-0.3, -0.25) is 0 Å². The number of amides is 1. The minimum Gasteiger partial charge on any atom is -0.436 e. The zero-order chi connectivity index (χ0) is 33.0. The van der Waals surface area contributed by atoms with E-state index < -0.39 is 41.1 Å². The van der Waals surface area contributed by atoms with Gasteiger partial charge in [-0.05, 0) is 58.7 Å². The summed E-state index contributed by atoms with van der Waals surface area (Å²) in [5.41, 5.74) is 5.37. The van der Waals surface area contributed by atoms with Crippen molar-refractivity contribution < 1.29 is 37.3 Å². The first-order chi connectivity index (χ1) is 21.7. The summed E-state index contributed by atoms with van der Waals surface area (Å²) in [6.07, 6.45) is -0.495. The summed E-state index contributed by atoms with van der Waals surface area (Å²) in [4.78, 5) is 21.9. The molecule has 3 aliphatic rings. The second-order valence-electron chi connectivity index (χ2n) is 13.4. The summed E-state index contributed by atoms with van der Waals surface area (Å²) in [6, 6.07) is 3.24. The van der Waals surface area contributed by atoms with Crippen LogP contribution in [0.4, 0.5) is 13.6 Å². The van der Waals surface area contributed by atoms with E-state index in [1.54, 1.807) is 4.68 Å². The van der Waals surface area contributed by atoms with E-state index in [2.05, 4.69) is 10.3 Å². The topological polar surface area (TPSA) is 146 Å². The van der Waals surface area contributed by atoms with Crippen molar-refractivity contribution in [2.24, 2.45) is 5.73 Å². The largest absolute Gasteiger partial charge is 0.436 e. The Balaban J connectivity index is 1.38. The third-order valence-corrected chi connectivity index (χ3v) is 9.38. The van der Waals surface area contributed by atoms with Crippen molar-refractivity contribution in [1.29, 1.82) is 0 Å². The number of hydrogen-bond acceptors (Lipinski definition) is 11. The van der Waals surface area contributed by atoms with Crippen molar-refractivity contribution in [3.8, 4) is 0 Å². The molecule has 250 valence electrons. The molecule has 12 nitrogen and oxygen atoms in total. The standard InChI is InChI=1S/C31H40F2N6O6S/c1-7-12-46-28-35-25(31(45-27(34)40)15-17(31)16-8-9-18(32)19(33)13-16)22-26(36-28)39(38-37-22)20-14-21(41-10-11-42-29(2,3)4)24-23(20)43-30(5,6)44-24/h8-9,13,17,20-21,23-24H,7,10-12,14-15H2,1-6H3,(H2,34,40)/t17-,20+,21-,23-,24+,31+/m0/s1. The maximum absolute atomic E-state index is 14.3. The minimum atomic E-state index is -1.37. The predicted octanol–water partition coefficient (Wildman–Crippen LogP) is 5.14. The summed E-state index contributed by atoms with van der Waals surface area (Å²) in [5, 5.41) is 9.46. The molecule has 1 aliphatic heterocycles. The Morgan fingerprint density at radius 2 is 1.91 bits per heavy atom. The Hall–Kier alpha value is -2.98. The molecule has 6 rings (SSSR count). The number of thioether (sulfide) groups is 1. The number of ether oxygens (including phenoxy) is 5. The van der Waals surface area contributed by atoms with Gasteiger partial charge >= 0.3 is 6.09 Å². The summed E-state index contributed by atoms with van der Waals surface area (Å²) in [5.74, 6) is -2.64. The molecular weight excluding hydrogens is 622 g/mol. The molecule has 0 radical (unpaired) electrons. The Bertz CT molecular complexity index is 1620. The molecule has 0 unspecified atom stereocenters. The van der Waals surface area contributed by atoms with E-state index >= 15 is 0 Å². The Morgan fingerprint density at radius 1 is 1.15 bits per heavy atom. The molecule has 2 N–H and O–H groups in total. The summed E-state index contributed by atoms with van der Waals surface area (Å²) in [6.45, 7) is 12.5. The van der Waals surface area contributed by atoms with Crippen LogP contribution < -0.4 is 5.73 Å². The van der Waals surface area contributed by atoms with E-state index in [-0.39, 0.29) is 30.3 Å². The number of primary amides is 1. The molecule has 1 amide bonds. The molecule has 46 heavy (non-hydrogen) atoms. The van der Waals surface area contributed by atoms with Crippen molar-refractivity contribution in [1.82, 2.24) is 25.0 Å². The van der Waals surface area contributed by atoms with Gasteiger partial charge in [-0.25, -0.2) is 28.2 Å². The molecule has 1 saturated heterocycles. The van der Waals surface area contributed by atoms with Crippen molar-refractivity contribution in [3.63, 3.8) is 0 Å². The van der Waals surface area contributed by atoms with Crippen LogP contribution in [0.25, 0.3) is 11.2 Å². The van der Waals surface area contributed by atoms with Crippen molar-refractivity contribution in [2.75, 3.05) is 19.0 Å². The summed E-state index contributed by atoms with van der Waals surface area (Å²) >= 11 is 1.44. The molecule has 2 saturated carbocycles. The fourth-order valence-electron chi connectivity index (χ4n) is 6.41. The highest BCUT2D eigenvalue weighted by Crippen LogP contribution is 2.62. The van der Waals surface area contributed by atoms with Gasteiger partial charge in [0.25, 0.3) is 0 Å². The van der Waals surface area contributed by atoms with Crippen LogP contribution in [0.2, 0.25) is 0 Å². The molecule has 2 aliphatic carbocycles. The molecule has 3 fully saturated rings. The molecule has 1 aromatic carbocycles. The lowest BCUT2D eigenvalue weighted by molar-refractivity contribution is -0.172. The van der Waals surface area contributed by atoms with E-state index in [1.165, 1.54) is 17.8 Å². The van der Waals surface area contributed by atoms with Crippen LogP contribution in [0.3, 0.4) is 0 Å². The van der Waals surface area contributed by atoms with Crippen LogP contribution >= 0.6 is 11.8 Å². The van der Waals surface area contributed by atoms with Gasteiger partial charge in [-0.1, -0.05) is 30.0 Å². The quantitative estimate of drug-likeness (QED) is 0.165. The molecule has 3 aromatic rings. The van der Waals surface area contributed by atoms with Gasteiger partial charge in [0.1, 0.15) is 17.9 Å². The van der Waals surface area contributed by atoms with Crippen LogP contribution in [-0.2, 0) is 29.3 Å². The number of carbonyl (C=O) groups is 1. The number of nitrogens with zero attached hydrogens (tertiary/aromatic N) is 5. The van der Waals surface area contributed by atoms with Crippen LogP contribution in [0.5, 0.6) is 0 Å². The molecule has 3 heterocycles. The van der Waals surface area contributed by atoms with Gasteiger partial charge < -0.3 is 29.4 Å². The number of fused-ring (bicyclic) bond motifs is 2.